The van der Waals surface area contributed by atoms with E-state index in [4.69, 9.17) is 4.74 Å². The van der Waals surface area contributed by atoms with E-state index in [1.54, 1.807) is 36.5 Å². The van der Waals surface area contributed by atoms with Gasteiger partial charge in [0.05, 0.1) is 10.6 Å². The Labute approximate surface area is 187 Å². The zero-order chi connectivity index (χ0) is 22.2. The molecule has 6 nitrogen and oxygen atoms in total. The highest BCUT2D eigenvalue weighted by molar-refractivity contribution is 7.92. The molecule has 1 aromatic heterocycles. The van der Waals surface area contributed by atoms with Gasteiger partial charge in [-0.25, -0.2) is 13.4 Å². The number of para-hydroxylation sites is 1. The molecule has 4 rings (SSSR count). The van der Waals surface area contributed by atoms with Crippen LogP contribution in [0.15, 0.2) is 113 Å². The van der Waals surface area contributed by atoms with E-state index >= 15 is 0 Å². The summed E-state index contributed by atoms with van der Waals surface area (Å²) in [6.07, 6.45) is 3.23. The quantitative estimate of drug-likeness (QED) is 0.379. The van der Waals surface area contributed by atoms with E-state index in [-0.39, 0.29) is 10.7 Å². The fourth-order valence-corrected chi connectivity index (χ4v) is 3.94. The molecule has 1 N–H and O–H groups in total. The van der Waals surface area contributed by atoms with E-state index in [0.29, 0.717) is 12.3 Å². The average Bonchev–Trinajstić information content (AvgIpc) is 2.83. The van der Waals surface area contributed by atoms with Crippen LogP contribution in [-0.4, -0.2) is 19.6 Å². The summed E-state index contributed by atoms with van der Waals surface area (Å²) < 4.78 is 33.4. The second kappa shape index (κ2) is 9.89. The number of sulfonamides is 1. The zero-order valence-electron chi connectivity index (χ0n) is 17.1. The fourth-order valence-electron chi connectivity index (χ4n) is 2.93. The molecule has 0 saturated heterocycles. The van der Waals surface area contributed by atoms with Crippen LogP contribution in [0, 0.1) is 0 Å². The van der Waals surface area contributed by atoms with Crippen molar-refractivity contribution >= 4 is 27.7 Å². The maximum atomic E-state index is 12.5. The van der Waals surface area contributed by atoms with Crippen LogP contribution < -0.4 is 9.46 Å². The summed E-state index contributed by atoms with van der Waals surface area (Å²) in [4.78, 5) is 8.59. The minimum absolute atomic E-state index is 0.133. The Balaban J connectivity index is 1.45. The molecular weight excluding hydrogens is 422 g/mol. The molecule has 160 valence electrons. The molecule has 0 aliphatic rings. The van der Waals surface area contributed by atoms with Crippen LogP contribution in [0.2, 0.25) is 0 Å². The molecule has 0 radical (unpaired) electrons. The normalized spacial score (nSPS) is 11.4. The van der Waals surface area contributed by atoms with Crippen LogP contribution in [0.4, 0.5) is 11.5 Å². The first kappa shape index (κ1) is 21.3. The Kier molecular flexibility index (Phi) is 6.57. The number of rotatable bonds is 8. The first-order chi connectivity index (χ1) is 15.6. The van der Waals surface area contributed by atoms with Gasteiger partial charge in [-0.1, -0.05) is 48.5 Å². The van der Waals surface area contributed by atoms with Crippen molar-refractivity contribution in [1.29, 1.82) is 0 Å². The van der Waals surface area contributed by atoms with Crippen molar-refractivity contribution in [2.24, 2.45) is 4.99 Å². The standard InChI is InChI=1S/C25H21N3O3S/c29-32(30,28-25-12-6-7-17-26-25)23-15-13-22(14-16-23)27-18-21-10-4-5-11-24(21)31-19-20-8-2-1-3-9-20/h1-18H,19H2,(H,26,28). The summed E-state index contributed by atoms with van der Waals surface area (Å²) in [6, 6.07) is 28.9. The zero-order valence-corrected chi connectivity index (χ0v) is 17.9. The van der Waals surface area contributed by atoms with Gasteiger partial charge in [-0.3, -0.25) is 9.71 Å². The maximum absolute atomic E-state index is 12.5. The Hall–Kier alpha value is -3.97. The predicted molar refractivity (Wildman–Crippen MR) is 126 cm³/mol. The molecule has 3 aromatic carbocycles. The monoisotopic (exact) mass is 443 g/mol. The number of nitrogens with one attached hydrogen (secondary N) is 1. The fraction of sp³-hybridized carbons (Fsp3) is 0.0400. The molecule has 4 aromatic rings. The van der Waals surface area contributed by atoms with E-state index in [1.807, 2.05) is 54.6 Å². The molecule has 32 heavy (non-hydrogen) atoms. The lowest BCUT2D eigenvalue weighted by molar-refractivity contribution is 0.306. The van der Waals surface area contributed by atoms with Crippen LogP contribution in [0.1, 0.15) is 11.1 Å². The van der Waals surface area contributed by atoms with Crippen molar-refractivity contribution in [2.75, 3.05) is 4.72 Å². The summed E-state index contributed by atoms with van der Waals surface area (Å²) in [5.41, 5.74) is 2.53. The minimum Gasteiger partial charge on any atom is -0.488 e. The summed E-state index contributed by atoms with van der Waals surface area (Å²) in [6.45, 7) is 0.460. The van der Waals surface area contributed by atoms with E-state index < -0.39 is 10.0 Å². The third-order valence-corrected chi connectivity index (χ3v) is 5.93. The summed E-state index contributed by atoms with van der Waals surface area (Å²) in [5.74, 6) is 0.987. The van der Waals surface area contributed by atoms with Crippen LogP contribution >= 0.6 is 0 Å². The molecule has 1 heterocycles. The highest BCUT2D eigenvalue weighted by atomic mass is 32.2. The highest BCUT2D eigenvalue weighted by Gasteiger charge is 2.14. The molecule has 0 atom stereocenters. The topological polar surface area (TPSA) is 80.7 Å². The second-order valence-corrected chi connectivity index (χ2v) is 8.57. The number of aromatic nitrogens is 1. The van der Waals surface area contributed by atoms with Gasteiger partial charge < -0.3 is 4.74 Å². The Morgan fingerprint density at radius 1 is 0.844 bits per heavy atom. The van der Waals surface area contributed by atoms with Crippen LogP contribution in [0.5, 0.6) is 5.75 Å². The smallest absolute Gasteiger partial charge is 0.263 e. The number of ether oxygens (including phenoxy) is 1. The van der Waals surface area contributed by atoms with Gasteiger partial charge in [0.15, 0.2) is 0 Å². The van der Waals surface area contributed by atoms with Crippen molar-refractivity contribution in [1.82, 2.24) is 4.98 Å². The van der Waals surface area contributed by atoms with Crippen molar-refractivity contribution in [3.63, 3.8) is 0 Å². The van der Waals surface area contributed by atoms with Gasteiger partial charge in [0, 0.05) is 18.0 Å². The second-order valence-electron chi connectivity index (χ2n) is 6.88. The average molecular weight is 444 g/mol. The van der Waals surface area contributed by atoms with Crippen molar-refractivity contribution < 1.29 is 13.2 Å². The van der Waals surface area contributed by atoms with Crippen molar-refractivity contribution in [3.05, 3.63) is 114 Å². The molecule has 0 aliphatic carbocycles. The molecule has 0 fully saturated rings. The van der Waals surface area contributed by atoms with Gasteiger partial charge in [0.25, 0.3) is 10.0 Å². The van der Waals surface area contributed by atoms with Gasteiger partial charge in [0.1, 0.15) is 18.2 Å². The molecule has 0 aliphatic heterocycles. The molecule has 0 spiro atoms. The lowest BCUT2D eigenvalue weighted by atomic mass is 10.2. The molecule has 7 heteroatoms. The van der Waals surface area contributed by atoms with Gasteiger partial charge in [-0.2, -0.15) is 0 Å². The number of hydrogen-bond donors (Lipinski definition) is 1. The van der Waals surface area contributed by atoms with Crippen LogP contribution in [0.25, 0.3) is 0 Å². The third kappa shape index (κ3) is 5.59. The third-order valence-electron chi connectivity index (χ3n) is 4.56. The Morgan fingerprint density at radius 2 is 1.56 bits per heavy atom. The van der Waals surface area contributed by atoms with E-state index in [2.05, 4.69) is 14.7 Å². The number of hydrogen-bond acceptors (Lipinski definition) is 5. The van der Waals surface area contributed by atoms with Gasteiger partial charge in [-0.05, 0) is 54.1 Å². The minimum atomic E-state index is -3.72. The van der Waals surface area contributed by atoms with Gasteiger partial charge in [-0.15, -0.1) is 0 Å². The summed E-state index contributed by atoms with van der Waals surface area (Å²) >= 11 is 0. The summed E-state index contributed by atoms with van der Waals surface area (Å²) in [5, 5.41) is 0. The van der Waals surface area contributed by atoms with E-state index in [0.717, 1.165) is 16.9 Å². The predicted octanol–water partition coefficient (Wildman–Crippen LogP) is 5.21. The largest absolute Gasteiger partial charge is 0.488 e. The van der Waals surface area contributed by atoms with E-state index in [9.17, 15) is 8.42 Å². The lowest BCUT2D eigenvalue weighted by Gasteiger charge is -2.09. The molecular formula is C25H21N3O3S. The number of aliphatic imine (C=N–C) groups is 1. The van der Waals surface area contributed by atoms with Crippen molar-refractivity contribution in [3.8, 4) is 5.75 Å². The van der Waals surface area contributed by atoms with Crippen molar-refractivity contribution in [2.45, 2.75) is 11.5 Å². The van der Waals surface area contributed by atoms with Crippen LogP contribution in [0.3, 0.4) is 0 Å². The van der Waals surface area contributed by atoms with Gasteiger partial charge >= 0.3 is 0 Å². The number of anilines is 1. The SMILES string of the molecule is O=S(=O)(Nc1ccccn1)c1ccc(N=Cc2ccccc2OCc2ccccc2)cc1. The molecule has 0 amide bonds. The van der Waals surface area contributed by atoms with Crippen LogP contribution in [-0.2, 0) is 16.6 Å². The number of benzene rings is 3. The Bertz CT molecular complexity index is 1290. The molecule has 0 unspecified atom stereocenters. The molecule has 0 bridgehead atoms. The number of nitrogens with zero attached hydrogens (tertiary/aromatic N) is 2. The van der Waals surface area contributed by atoms with Gasteiger partial charge in [0.2, 0.25) is 0 Å². The molecule has 0 saturated carbocycles. The highest BCUT2D eigenvalue weighted by Crippen LogP contribution is 2.21. The number of pyridine rings is 1. The first-order valence-corrected chi connectivity index (χ1v) is 11.4. The lowest BCUT2D eigenvalue weighted by Crippen LogP contribution is -2.13. The summed E-state index contributed by atoms with van der Waals surface area (Å²) in [7, 11) is -3.72. The first-order valence-electron chi connectivity index (χ1n) is 9.94. The maximum Gasteiger partial charge on any atom is 0.263 e. The Morgan fingerprint density at radius 3 is 2.31 bits per heavy atom. The van der Waals surface area contributed by atoms with E-state index in [1.165, 1.54) is 18.3 Å².